The number of ether oxygens (including phenoxy) is 1. The quantitative estimate of drug-likeness (QED) is 0.788. The van der Waals surface area contributed by atoms with E-state index in [2.05, 4.69) is 37.4 Å². The van der Waals surface area contributed by atoms with Crippen LogP contribution in [0.4, 0.5) is 0 Å². The molecule has 3 heterocycles. The molecule has 1 saturated heterocycles. The van der Waals surface area contributed by atoms with Crippen molar-refractivity contribution in [2.45, 2.75) is 25.4 Å². The zero-order valence-corrected chi connectivity index (χ0v) is 12.7. The Kier molecular flexibility index (Phi) is 4.67. The number of hydrogen-bond acceptors (Lipinski definition) is 5. The first-order valence-electron chi connectivity index (χ1n) is 7.21. The first-order chi connectivity index (χ1) is 9.86. The molecule has 0 aliphatic carbocycles. The van der Waals surface area contributed by atoms with Gasteiger partial charge in [-0.3, -0.25) is 9.30 Å². The van der Waals surface area contributed by atoms with E-state index in [4.69, 9.17) is 4.74 Å². The van der Waals surface area contributed by atoms with E-state index in [0.717, 1.165) is 31.2 Å². The lowest BCUT2D eigenvalue weighted by molar-refractivity contribution is 0.190. The number of nitrogens with zero attached hydrogens (tertiary/aromatic N) is 3. The minimum absolute atomic E-state index is 0.631. The van der Waals surface area contributed by atoms with Gasteiger partial charge in [-0.15, -0.1) is 11.3 Å². The molecule has 0 amide bonds. The third kappa shape index (κ3) is 3.20. The molecular formula is C14H22N4OS. The van der Waals surface area contributed by atoms with Crippen molar-refractivity contribution >= 4 is 16.3 Å². The summed E-state index contributed by atoms with van der Waals surface area (Å²) in [5.74, 6) is 0. The predicted octanol–water partition coefficient (Wildman–Crippen LogP) is 1.60. The number of fused-ring (bicyclic) bond motifs is 1. The van der Waals surface area contributed by atoms with Crippen LogP contribution in [0, 0.1) is 0 Å². The molecule has 3 rings (SSSR count). The molecule has 1 fully saturated rings. The smallest absolute Gasteiger partial charge is 0.193 e. The summed E-state index contributed by atoms with van der Waals surface area (Å²) in [6.07, 6.45) is 6.80. The van der Waals surface area contributed by atoms with E-state index >= 15 is 0 Å². The topological polar surface area (TPSA) is 41.8 Å². The second-order valence-electron chi connectivity index (χ2n) is 5.29. The molecule has 1 unspecified atom stereocenters. The Balaban J connectivity index is 1.54. The van der Waals surface area contributed by atoms with Crippen LogP contribution in [0.15, 0.2) is 17.8 Å². The van der Waals surface area contributed by atoms with Gasteiger partial charge in [0.1, 0.15) is 0 Å². The maximum Gasteiger partial charge on any atom is 0.193 e. The van der Waals surface area contributed by atoms with Crippen LogP contribution < -0.4 is 5.32 Å². The summed E-state index contributed by atoms with van der Waals surface area (Å²) in [6.45, 7) is 4.91. The van der Waals surface area contributed by atoms with Crippen molar-refractivity contribution < 1.29 is 4.74 Å². The summed E-state index contributed by atoms with van der Waals surface area (Å²) in [5.41, 5.74) is 1.18. The van der Waals surface area contributed by atoms with Gasteiger partial charge in [0.15, 0.2) is 4.96 Å². The molecule has 1 atom stereocenters. The monoisotopic (exact) mass is 294 g/mol. The highest BCUT2D eigenvalue weighted by Gasteiger charge is 2.24. The molecule has 1 aliphatic rings. The predicted molar refractivity (Wildman–Crippen MR) is 81.2 cm³/mol. The van der Waals surface area contributed by atoms with Crippen LogP contribution in [-0.2, 0) is 11.3 Å². The van der Waals surface area contributed by atoms with Crippen molar-refractivity contribution in [3.8, 4) is 0 Å². The van der Waals surface area contributed by atoms with E-state index < -0.39 is 0 Å². The number of aromatic nitrogens is 2. The number of thiazole rings is 1. The number of methoxy groups -OCH3 is 1. The molecule has 5 nitrogen and oxygen atoms in total. The minimum Gasteiger partial charge on any atom is -0.383 e. The molecule has 1 N–H and O–H groups in total. The van der Waals surface area contributed by atoms with Crippen LogP contribution in [0.25, 0.3) is 4.96 Å². The normalized spacial score (nSPS) is 20.1. The number of imidazole rings is 1. The molecule has 2 aromatic heterocycles. The maximum atomic E-state index is 5.07. The lowest BCUT2D eigenvalue weighted by Gasteiger charge is -2.23. The Morgan fingerprint density at radius 2 is 2.50 bits per heavy atom. The van der Waals surface area contributed by atoms with Gasteiger partial charge < -0.3 is 10.1 Å². The van der Waals surface area contributed by atoms with Crippen molar-refractivity contribution in [2.75, 3.05) is 33.4 Å². The van der Waals surface area contributed by atoms with Gasteiger partial charge in [0.05, 0.1) is 12.3 Å². The molecule has 0 bridgehead atoms. The highest BCUT2D eigenvalue weighted by Crippen LogP contribution is 2.20. The Labute approximate surface area is 123 Å². The van der Waals surface area contributed by atoms with Crippen molar-refractivity contribution in [2.24, 2.45) is 0 Å². The van der Waals surface area contributed by atoms with Crippen LogP contribution in [0.3, 0.4) is 0 Å². The third-order valence-corrected chi connectivity index (χ3v) is 4.64. The fraction of sp³-hybridized carbons (Fsp3) is 0.643. The largest absolute Gasteiger partial charge is 0.383 e. The molecule has 110 valence electrons. The molecule has 0 saturated carbocycles. The lowest BCUT2D eigenvalue weighted by atomic mass is 10.2. The second kappa shape index (κ2) is 6.67. The number of hydrogen-bond donors (Lipinski definition) is 1. The molecule has 0 aromatic carbocycles. The minimum atomic E-state index is 0.631. The number of rotatable bonds is 7. The second-order valence-corrected chi connectivity index (χ2v) is 6.16. The van der Waals surface area contributed by atoms with Gasteiger partial charge in [-0.05, 0) is 19.4 Å². The average Bonchev–Trinajstić information content (AvgIpc) is 3.11. The van der Waals surface area contributed by atoms with Crippen LogP contribution in [0.1, 0.15) is 18.5 Å². The molecule has 1 aliphatic heterocycles. The van der Waals surface area contributed by atoms with E-state index in [9.17, 15) is 0 Å². The summed E-state index contributed by atoms with van der Waals surface area (Å²) in [7, 11) is 1.74. The van der Waals surface area contributed by atoms with Gasteiger partial charge in [-0.2, -0.15) is 0 Å². The Morgan fingerprint density at radius 3 is 3.35 bits per heavy atom. The van der Waals surface area contributed by atoms with Crippen LogP contribution >= 0.6 is 11.3 Å². The maximum absolute atomic E-state index is 5.07. The Morgan fingerprint density at radius 1 is 1.55 bits per heavy atom. The molecule has 0 radical (unpaired) electrons. The fourth-order valence-electron chi connectivity index (χ4n) is 2.84. The molecule has 20 heavy (non-hydrogen) atoms. The van der Waals surface area contributed by atoms with E-state index in [-0.39, 0.29) is 0 Å². The molecule has 2 aromatic rings. The van der Waals surface area contributed by atoms with Crippen molar-refractivity contribution in [3.05, 3.63) is 23.5 Å². The molecule has 0 spiro atoms. The van der Waals surface area contributed by atoms with Crippen molar-refractivity contribution in [1.29, 1.82) is 0 Å². The van der Waals surface area contributed by atoms with Gasteiger partial charge in [0, 0.05) is 50.6 Å². The molecule has 6 heteroatoms. The Hall–Kier alpha value is -0.950. The summed E-state index contributed by atoms with van der Waals surface area (Å²) in [6, 6.07) is 0.631. The summed E-state index contributed by atoms with van der Waals surface area (Å²) >= 11 is 1.69. The zero-order valence-electron chi connectivity index (χ0n) is 11.9. The fourth-order valence-corrected chi connectivity index (χ4v) is 3.56. The zero-order chi connectivity index (χ0) is 13.8. The summed E-state index contributed by atoms with van der Waals surface area (Å²) < 4.78 is 7.18. The Bertz CT molecular complexity index is 509. The highest BCUT2D eigenvalue weighted by molar-refractivity contribution is 7.15. The van der Waals surface area contributed by atoms with E-state index in [1.54, 1.807) is 18.4 Å². The summed E-state index contributed by atoms with van der Waals surface area (Å²) in [4.78, 5) is 8.32. The van der Waals surface area contributed by atoms with Crippen LogP contribution in [0.5, 0.6) is 0 Å². The average molecular weight is 294 g/mol. The van der Waals surface area contributed by atoms with E-state index in [0.29, 0.717) is 6.04 Å². The van der Waals surface area contributed by atoms with Crippen LogP contribution in [-0.4, -0.2) is 53.7 Å². The lowest BCUT2D eigenvalue weighted by Crippen LogP contribution is -2.38. The SMILES string of the molecule is COCCNCC1CCCN1Cc1cn2ccsc2n1. The first-order valence-corrected chi connectivity index (χ1v) is 8.09. The standard InChI is InChI=1S/C14H22N4OS/c1-19-7-4-15-9-13-3-2-5-17(13)10-12-11-18-6-8-20-14(18)16-12/h6,8,11,13,15H,2-5,7,9-10H2,1H3. The third-order valence-electron chi connectivity index (χ3n) is 3.87. The highest BCUT2D eigenvalue weighted by atomic mass is 32.1. The van der Waals surface area contributed by atoms with Crippen molar-refractivity contribution in [3.63, 3.8) is 0 Å². The van der Waals surface area contributed by atoms with Gasteiger partial charge in [0.2, 0.25) is 0 Å². The van der Waals surface area contributed by atoms with E-state index in [1.165, 1.54) is 25.1 Å². The van der Waals surface area contributed by atoms with Gasteiger partial charge in [-0.25, -0.2) is 4.98 Å². The van der Waals surface area contributed by atoms with Crippen LogP contribution in [0.2, 0.25) is 0 Å². The van der Waals surface area contributed by atoms with Gasteiger partial charge >= 0.3 is 0 Å². The number of nitrogens with one attached hydrogen (secondary N) is 1. The molecular weight excluding hydrogens is 272 g/mol. The first kappa shape index (κ1) is 14.0. The summed E-state index contributed by atoms with van der Waals surface area (Å²) in [5, 5.41) is 5.55. The van der Waals surface area contributed by atoms with Crippen molar-refractivity contribution in [1.82, 2.24) is 19.6 Å². The van der Waals surface area contributed by atoms with E-state index in [1.807, 2.05) is 0 Å². The van der Waals surface area contributed by atoms with Gasteiger partial charge in [0.25, 0.3) is 0 Å². The number of likely N-dealkylation sites (tertiary alicyclic amines) is 1. The van der Waals surface area contributed by atoms with Gasteiger partial charge in [-0.1, -0.05) is 0 Å².